The SMILES string of the molecule is CN1C(=O)[C@@H](NC(=O)c2ncc(Cl)c(-c3ccc(F)cc3F)n2)COc2ccccc21. The summed E-state index contributed by atoms with van der Waals surface area (Å²) >= 11 is 6.06. The average Bonchev–Trinajstić information content (AvgIpc) is 2.87. The van der Waals surface area contributed by atoms with Crippen LogP contribution in [0.25, 0.3) is 11.3 Å². The van der Waals surface area contributed by atoms with Crippen LogP contribution in [0.2, 0.25) is 5.02 Å². The molecule has 1 aromatic heterocycles. The maximum atomic E-state index is 14.2. The number of fused-ring (bicyclic) bond motifs is 1. The first kappa shape index (κ1) is 20.7. The van der Waals surface area contributed by atoms with E-state index in [0.29, 0.717) is 17.5 Å². The number of ether oxygens (including phenoxy) is 1. The van der Waals surface area contributed by atoms with Crippen LogP contribution in [-0.4, -0.2) is 41.5 Å². The fraction of sp³-hybridized carbons (Fsp3) is 0.143. The first-order valence-electron chi connectivity index (χ1n) is 9.13. The number of rotatable bonds is 3. The van der Waals surface area contributed by atoms with Crippen LogP contribution in [0.4, 0.5) is 14.5 Å². The Balaban J connectivity index is 1.59. The van der Waals surface area contributed by atoms with Crippen LogP contribution in [0.5, 0.6) is 5.75 Å². The number of nitrogens with zero attached hydrogens (tertiary/aromatic N) is 3. The molecule has 0 bridgehead atoms. The van der Waals surface area contributed by atoms with E-state index in [2.05, 4.69) is 15.3 Å². The van der Waals surface area contributed by atoms with Crippen LogP contribution in [0.15, 0.2) is 48.7 Å². The largest absolute Gasteiger partial charge is 0.489 e. The average molecular weight is 445 g/mol. The second-order valence-electron chi connectivity index (χ2n) is 6.72. The zero-order valence-corrected chi connectivity index (χ0v) is 16.9. The van der Waals surface area contributed by atoms with Gasteiger partial charge in [-0.05, 0) is 24.3 Å². The molecule has 0 spiro atoms. The molecule has 2 heterocycles. The number of amides is 2. The summed E-state index contributed by atoms with van der Waals surface area (Å²) in [7, 11) is 1.57. The Labute approximate surface area is 180 Å². The van der Waals surface area contributed by atoms with Crippen molar-refractivity contribution in [2.24, 2.45) is 0 Å². The van der Waals surface area contributed by atoms with Crippen molar-refractivity contribution in [3.8, 4) is 17.0 Å². The Kier molecular flexibility index (Phi) is 5.51. The maximum absolute atomic E-state index is 14.2. The standard InChI is InChI=1S/C21H15ClF2N4O3/c1-28-16-4-2-3-5-17(16)31-10-15(21(28)30)26-20(29)19-25-9-13(22)18(27-19)12-7-6-11(23)8-14(12)24/h2-9,15H,10H2,1H3,(H,26,29)/t15-/m0/s1. The second kappa shape index (κ2) is 8.27. The van der Waals surface area contributed by atoms with E-state index in [1.54, 1.807) is 31.3 Å². The summed E-state index contributed by atoms with van der Waals surface area (Å²) in [5.41, 5.74) is 0.403. The van der Waals surface area contributed by atoms with Crippen molar-refractivity contribution < 1.29 is 23.1 Å². The molecular weight excluding hydrogens is 430 g/mol. The zero-order valence-electron chi connectivity index (χ0n) is 16.1. The van der Waals surface area contributed by atoms with E-state index < -0.39 is 29.5 Å². The molecule has 4 rings (SSSR count). The third kappa shape index (κ3) is 4.04. The van der Waals surface area contributed by atoms with Gasteiger partial charge in [0.2, 0.25) is 5.82 Å². The number of benzene rings is 2. The van der Waals surface area contributed by atoms with Gasteiger partial charge in [0.05, 0.1) is 22.6 Å². The lowest BCUT2D eigenvalue weighted by Gasteiger charge is -2.20. The molecule has 0 unspecified atom stereocenters. The lowest BCUT2D eigenvalue weighted by Crippen LogP contribution is -2.49. The van der Waals surface area contributed by atoms with E-state index in [0.717, 1.165) is 18.3 Å². The maximum Gasteiger partial charge on any atom is 0.289 e. The number of likely N-dealkylation sites (N-methyl/N-ethyl adjacent to an activating group) is 1. The highest BCUT2D eigenvalue weighted by Crippen LogP contribution is 2.30. The van der Waals surface area contributed by atoms with Crippen molar-refractivity contribution in [3.63, 3.8) is 0 Å². The van der Waals surface area contributed by atoms with Crippen molar-refractivity contribution in [2.45, 2.75) is 6.04 Å². The van der Waals surface area contributed by atoms with Crippen LogP contribution in [0.3, 0.4) is 0 Å². The molecule has 31 heavy (non-hydrogen) atoms. The van der Waals surface area contributed by atoms with Gasteiger partial charge in [-0.1, -0.05) is 23.7 Å². The van der Waals surface area contributed by atoms with Gasteiger partial charge in [0.25, 0.3) is 11.8 Å². The molecule has 1 atom stereocenters. The lowest BCUT2D eigenvalue weighted by molar-refractivity contribution is -0.120. The molecule has 0 fully saturated rings. The van der Waals surface area contributed by atoms with Crippen LogP contribution < -0.4 is 15.0 Å². The van der Waals surface area contributed by atoms with Crippen LogP contribution in [0, 0.1) is 11.6 Å². The molecule has 10 heteroatoms. The number of hydrogen-bond donors (Lipinski definition) is 1. The van der Waals surface area contributed by atoms with Gasteiger partial charge in [0.1, 0.15) is 30.0 Å². The lowest BCUT2D eigenvalue weighted by atomic mass is 10.1. The van der Waals surface area contributed by atoms with E-state index in [4.69, 9.17) is 16.3 Å². The molecule has 1 aliphatic heterocycles. The number of anilines is 1. The van der Waals surface area contributed by atoms with Crippen molar-refractivity contribution in [3.05, 3.63) is 71.1 Å². The van der Waals surface area contributed by atoms with E-state index in [-0.39, 0.29) is 28.7 Å². The molecule has 0 saturated heterocycles. The number of para-hydroxylation sites is 2. The minimum Gasteiger partial charge on any atom is -0.489 e. The highest BCUT2D eigenvalue weighted by molar-refractivity contribution is 6.33. The quantitative estimate of drug-likeness (QED) is 0.670. The fourth-order valence-electron chi connectivity index (χ4n) is 3.13. The molecule has 158 valence electrons. The number of halogens is 3. The summed E-state index contributed by atoms with van der Waals surface area (Å²) in [5.74, 6) is -2.65. The number of nitrogens with one attached hydrogen (secondary N) is 1. The molecule has 0 aliphatic carbocycles. The van der Waals surface area contributed by atoms with E-state index in [9.17, 15) is 18.4 Å². The Morgan fingerprint density at radius 2 is 2.03 bits per heavy atom. The van der Waals surface area contributed by atoms with Crippen molar-refractivity contribution in [1.29, 1.82) is 0 Å². The van der Waals surface area contributed by atoms with Gasteiger partial charge >= 0.3 is 0 Å². The van der Waals surface area contributed by atoms with Gasteiger partial charge in [0.15, 0.2) is 0 Å². The Hall–Kier alpha value is -3.59. The molecule has 1 aliphatic rings. The van der Waals surface area contributed by atoms with Crippen LogP contribution >= 0.6 is 11.6 Å². The molecule has 0 saturated carbocycles. The van der Waals surface area contributed by atoms with Gasteiger partial charge in [0, 0.05) is 18.7 Å². The van der Waals surface area contributed by atoms with Gasteiger partial charge in [-0.3, -0.25) is 9.59 Å². The molecule has 2 aromatic carbocycles. The van der Waals surface area contributed by atoms with E-state index >= 15 is 0 Å². The monoisotopic (exact) mass is 444 g/mol. The minimum absolute atomic E-state index is 0.0221. The summed E-state index contributed by atoms with van der Waals surface area (Å²) < 4.78 is 33.0. The Morgan fingerprint density at radius 3 is 2.81 bits per heavy atom. The summed E-state index contributed by atoms with van der Waals surface area (Å²) in [6, 6.07) is 8.87. The molecule has 0 radical (unpaired) electrons. The van der Waals surface area contributed by atoms with Crippen molar-refractivity contribution in [1.82, 2.24) is 15.3 Å². The first-order chi connectivity index (χ1) is 14.8. The van der Waals surface area contributed by atoms with Gasteiger partial charge < -0.3 is 15.0 Å². The highest BCUT2D eigenvalue weighted by Gasteiger charge is 2.31. The molecule has 7 nitrogen and oxygen atoms in total. The van der Waals surface area contributed by atoms with Crippen molar-refractivity contribution in [2.75, 3.05) is 18.6 Å². The molecule has 2 amide bonds. The summed E-state index contributed by atoms with van der Waals surface area (Å²) in [5, 5.41) is 2.51. The number of aromatic nitrogens is 2. The highest BCUT2D eigenvalue weighted by atomic mass is 35.5. The topological polar surface area (TPSA) is 84.4 Å². The predicted octanol–water partition coefficient (Wildman–Crippen LogP) is 3.23. The summed E-state index contributed by atoms with van der Waals surface area (Å²) in [6.45, 7) is -0.0983. The predicted molar refractivity (Wildman–Crippen MR) is 109 cm³/mol. The van der Waals surface area contributed by atoms with E-state index in [1.165, 1.54) is 4.90 Å². The third-order valence-corrected chi connectivity index (χ3v) is 4.98. The van der Waals surface area contributed by atoms with Crippen LogP contribution in [0.1, 0.15) is 10.6 Å². The van der Waals surface area contributed by atoms with Gasteiger partial charge in [-0.25, -0.2) is 18.7 Å². The number of hydrogen-bond acceptors (Lipinski definition) is 5. The van der Waals surface area contributed by atoms with Crippen molar-refractivity contribution >= 4 is 29.1 Å². The van der Waals surface area contributed by atoms with Crippen LogP contribution in [-0.2, 0) is 4.79 Å². The number of carbonyl (C=O) groups excluding carboxylic acids is 2. The molecule has 1 N–H and O–H groups in total. The second-order valence-corrected chi connectivity index (χ2v) is 7.12. The third-order valence-electron chi connectivity index (χ3n) is 4.70. The molecular formula is C21H15ClF2N4O3. The van der Waals surface area contributed by atoms with Gasteiger partial charge in [-0.2, -0.15) is 0 Å². The van der Waals surface area contributed by atoms with Gasteiger partial charge in [-0.15, -0.1) is 0 Å². The summed E-state index contributed by atoms with van der Waals surface area (Å²) in [6.07, 6.45) is 1.13. The normalized spacial score (nSPS) is 15.7. The number of carbonyl (C=O) groups is 2. The first-order valence-corrected chi connectivity index (χ1v) is 9.51. The minimum atomic E-state index is -1.00. The zero-order chi connectivity index (χ0) is 22.1. The molecule has 3 aromatic rings. The Bertz CT molecular complexity index is 1190. The smallest absolute Gasteiger partial charge is 0.289 e. The fourth-order valence-corrected chi connectivity index (χ4v) is 3.32. The van der Waals surface area contributed by atoms with E-state index in [1.807, 2.05) is 0 Å². The Morgan fingerprint density at radius 1 is 1.26 bits per heavy atom. The summed E-state index contributed by atoms with van der Waals surface area (Å²) in [4.78, 5) is 34.8.